The van der Waals surface area contributed by atoms with Crippen molar-refractivity contribution in [2.24, 2.45) is 5.73 Å². The first-order valence-corrected chi connectivity index (χ1v) is 4.59. The average molecular weight is 264 g/mol. The van der Waals surface area contributed by atoms with Gasteiger partial charge in [-0.3, -0.25) is 0 Å². The predicted octanol–water partition coefficient (Wildman–Crippen LogP) is 1.88. The van der Waals surface area contributed by atoms with E-state index in [2.05, 4.69) is 22.6 Å². The Kier molecular flexibility index (Phi) is 2.65. The molecule has 1 heterocycles. The highest BCUT2D eigenvalue weighted by Crippen LogP contribution is 2.23. The molecule has 2 N–H and O–H groups in total. The summed E-state index contributed by atoms with van der Waals surface area (Å²) in [5.41, 5.74) is 5.48. The summed E-state index contributed by atoms with van der Waals surface area (Å²) < 4.78 is 1.08. The van der Waals surface area contributed by atoms with E-state index in [1.165, 1.54) is 11.3 Å². The zero-order chi connectivity index (χ0) is 7.56. The Morgan fingerprint density at radius 1 is 1.80 bits per heavy atom. The zero-order valence-electron chi connectivity index (χ0n) is 5.04. The molecule has 0 saturated heterocycles. The Balaban J connectivity index is 2.96. The van der Waals surface area contributed by atoms with Crippen molar-refractivity contribution in [1.82, 2.24) is 0 Å². The van der Waals surface area contributed by atoms with Crippen LogP contribution < -0.4 is 5.73 Å². The van der Waals surface area contributed by atoms with Crippen LogP contribution in [0.3, 0.4) is 0 Å². The van der Waals surface area contributed by atoms with E-state index in [9.17, 15) is 0 Å². The molecule has 0 spiro atoms. The van der Waals surface area contributed by atoms with Crippen LogP contribution in [0.5, 0.6) is 0 Å². The highest BCUT2D eigenvalue weighted by Gasteiger charge is 2.08. The van der Waals surface area contributed by atoms with Crippen LogP contribution in [-0.2, 0) is 0 Å². The van der Waals surface area contributed by atoms with Gasteiger partial charge in [-0.25, -0.2) is 0 Å². The molecule has 1 rings (SSSR count). The number of thiophene rings is 1. The summed E-state index contributed by atoms with van der Waals surface area (Å²) >= 11 is 3.70. The van der Waals surface area contributed by atoms with Gasteiger partial charge in [0, 0.05) is 8.45 Å². The van der Waals surface area contributed by atoms with E-state index >= 15 is 0 Å². The Morgan fingerprint density at radius 3 is 2.90 bits per heavy atom. The molecule has 4 heteroatoms. The fourth-order valence-electron chi connectivity index (χ4n) is 0.586. The normalized spacial score (nSPS) is 12.5. The number of halogens is 1. The number of nitrogens with zero attached hydrogens (tertiary/aromatic N) is 1. The van der Waals surface area contributed by atoms with E-state index in [1.807, 2.05) is 17.5 Å². The minimum absolute atomic E-state index is 0.452. The molecule has 0 bridgehead atoms. The first-order valence-electron chi connectivity index (χ1n) is 2.64. The first kappa shape index (κ1) is 7.98. The van der Waals surface area contributed by atoms with Gasteiger partial charge < -0.3 is 5.73 Å². The second-order valence-corrected chi connectivity index (χ2v) is 3.85. The van der Waals surface area contributed by atoms with Crippen LogP contribution >= 0.6 is 33.9 Å². The smallest absolute Gasteiger partial charge is 0.129 e. The SMILES string of the molecule is N#CC(N)c1sccc1I. The van der Waals surface area contributed by atoms with Crippen molar-refractivity contribution in [3.05, 3.63) is 19.9 Å². The zero-order valence-corrected chi connectivity index (χ0v) is 8.02. The van der Waals surface area contributed by atoms with Gasteiger partial charge in [-0.15, -0.1) is 11.3 Å². The standard InChI is InChI=1S/C6H5IN2S/c7-4-1-2-10-6(4)5(9)3-8/h1-2,5H,9H2. The molecular weight excluding hydrogens is 259 g/mol. The molecule has 0 radical (unpaired) electrons. The van der Waals surface area contributed by atoms with Crippen molar-refractivity contribution in [3.63, 3.8) is 0 Å². The molecule has 0 aliphatic rings. The van der Waals surface area contributed by atoms with Gasteiger partial charge in [-0.05, 0) is 34.0 Å². The monoisotopic (exact) mass is 264 g/mol. The third-order valence-corrected chi connectivity index (χ3v) is 3.37. The van der Waals surface area contributed by atoms with E-state index < -0.39 is 6.04 Å². The maximum Gasteiger partial charge on any atom is 0.129 e. The van der Waals surface area contributed by atoms with Crippen LogP contribution in [-0.4, -0.2) is 0 Å². The third kappa shape index (κ3) is 1.48. The lowest BCUT2D eigenvalue weighted by atomic mass is 10.3. The van der Waals surface area contributed by atoms with Gasteiger partial charge in [0.1, 0.15) is 6.04 Å². The molecule has 0 amide bonds. The molecule has 1 atom stereocenters. The molecule has 2 nitrogen and oxygen atoms in total. The summed E-state index contributed by atoms with van der Waals surface area (Å²) in [6.07, 6.45) is 0. The van der Waals surface area contributed by atoms with Gasteiger partial charge in [-0.2, -0.15) is 5.26 Å². The van der Waals surface area contributed by atoms with Crippen molar-refractivity contribution in [2.75, 3.05) is 0 Å². The molecule has 1 aromatic rings. The maximum absolute atomic E-state index is 8.46. The van der Waals surface area contributed by atoms with Gasteiger partial charge in [0.2, 0.25) is 0 Å². The fourth-order valence-corrected chi connectivity index (χ4v) is 2.46. The lowest BCUT2D eigenvalue weighted by molar-refractivity contribution is 0.945. The lowest BCUT2D eigenvalue weighted by Gasteiger charge is -1.97. The topological polar surface area (TPSA) is 49.8 Å². The van der Waals surface area contributed by atoms with Crippen LogP contribution in [0.15, 0.2) is 11.4 Å². The highest BCUT2D eigenvalue weighted by molar-refractivity contribution is 14.1. The Hall–Kier alpha value is -0.120. The second kappa shape index (κ2) is 3.32. The molecule has 0 fully saturated rings. The number of rotatable bonds is 1. The quantitative estimate of drug-likeness (QED) is 0.787. The Labute approximate surface area is 76.8 Å². The van der Waals surface area contributed by atoms with Crippen molar-refractivity contribution in [2.45, 2.75) is 6.04 Å². The van der Waals surface area contributed by atoms with Crippen LogP contribution in [0, 0.1) is 14.9 Å². The molecule has 0 saturated carbocycles. The minimum Gasteiger partial charge on any atom is -0.311 e. The predicted molar refractivity (Wildman–Crippen MR) is 49.6 cm³/mol. The molecule has 0 aliphatic carbocycles. The number of hydrogen-bond acceptors (Lipinski definition) is 3. The molecule has 0 aromatic carbocycles. The van der Waals surface area contributed by atoms with E-state index in [0.717, 1.165) is 8.45 Å². The van der Waals surface area contributed by atoms with Gasteiger partial charge in [-0.1, -0.05) is 0 Å². The van der Waals surface area contributed by atoms with E-state index in [4.69, 9.17) is 11.0 Å². The van der Waals surface area contributed by atoms with E-state index in [0.29, 0.717) is 0 Å². The average Bonchev–Trinajstić information content (AvgIpc) is 2.34. The summed E-state index contributed by atoms with van der Waals surface area (Å²) in [7, 11) is 0. The van der Waals surface area contributed by atoms with E-state index in [1.54, 1.807) is 0 Å². The molecule has 52 valence electrons. The van der Waals surface area contributed by atoms with Crippen LogP contribution in [0.1, 0.15) is 10.9 Å². The summed E-state index contributed by atoms with van der Waals surface area (Å²) in [5.74, 6) is 0. The molecule has 0 aliphatic heterocycles. The summed E-state index contributed by atoms with van der Waals surface area (Å²) in [5, 5.41) is 10.4. The lowest BCUT2D eigenvalue weighted by Crippen LogP contribution is -2.05. The van der Waals surface area contributed by atoms with Crippen molar-refractivity contribution in [1.29, 1.82) is 5.26 Å². The van der Waals surface area contributed by atoms with Gasteiger partial charge >= 0.3 is 0 Å². The van der Waals surface area contributed by atoms with Crippen LogP contribution in [0.4, 0.5) is 0 Å². The molecular formula is C6H5IN2S. The molecule has 1 unspecified atom stereocenters. The molecule has 10 heavy (non-hydrogen) atoms. The first-order chi connectivity index (χ1) is 4.75. The number of hydrogen-bond donors (Lipinski definition) is 1. The van der Waals surface area contributed by atoms with Crippen LogP contribution in [0.2, 0.25) is 0 Å². The summed E-state index contributed by atoms with van der Waals surface area (Å²) in [6.45, 7) is 0. The minimum atomic E-state index is -0.452. The largest absolute Gasteiger partial charge is 0.311 e. The van der Waals surface area contributed by atoms with Gasteiger partial charge in [0.05, 0.1) is 6.07 Å². The summed E-state index contributed by atoms with van der Waals surface area (Å²) in [4.78, 5) is 0.961. The second-order valence-electron chi connectivity index (χ2n) is 1.74. The Bertz CT molecular complexity index is 263. The summed E-state index contributed by atoms with van der Waals surface area (Å²) in [6, 6.07) is 3.50. The van der Waals surface area contributed by atoms with Crippen molar-refractivity contribution < 1.29 is 0 Å². The third-order valence-electron chi connectivity index (χ3n) is 1.07. The fraction of sp³-hybridized carbons (Fsp3) is 0.167. The Morgan fingerprint density at radius 2 is 2.50 bits per heavy atom. The van der Waals surface area contributed by atoms with Crippen LogP contribution in [0.25, 0.3) is 0 Å². The van der Waals surface area contributed by atoms with Crippen molar-refractivity contribution >= 4 is 33.9 Å². The highest BCUT2D eigenvalue weighted by atomic mass is 127. The number of nitriles is 1. The van der Waals surface area contributed by atoms with Gasteiger partial charge in [0.15, 0.2) is 0 Å². The van der Waals surface area contributed by atoms with E-state index in [-0.39, 0.29) is 0 Å². The molecule has 1 aromatic heterocycles. The van der Waals surface area contributed by atoms with Gasteiger partial charge in [0.25, 0.3) is 0 Å². The number of nitrogens with two attached hydrogens (primary N) is 1. The van der Waals surface area contributed by atoms with Crippen molar-refractivity contribution in [3.8, 4) is 6.07 Å². The maximum atomic E-state index is 8.46.